The molecule has 0 saturated carbocycles. The van der Waals surface area contributed by atoms with Crippen LogP contribution in [-0.4, -0.2) is 16.1 Å². The van der Waals surface area contributed by atoms with Gasteiger partial charge in [-0.2, -0.15) is 0 Å². The van der Waals surface area contributed by atoms with Crippen LogP contribution in [0.4, 0.5) is 0 Å². The predicted molar refractivity (Wildman–Crippen MR) is 39.2 cm³/mol. The van der Waals surface area contributed by atoms with Gasteiger partial charge < -0.3 is 0 Å². The molecule has 0 aliphatic heterocycles. The Morgan fingerprint density at radius 3 is 2.70 bits per heavy atom. The van der Waals surface area contributed by atoms with E-state index in [1.165, 1.54) is 25.4 Å². The van der Waals surface area contributed by atoms with E-state index in [1.807, 2.05) is 10.5 Å². The molecule has 0 unspecified atom stereocenters. The van der Waals surface area contributed by atoms with Crippen LogP contribution >= 0.6 is 0 Å². The van der Waals surface area contributed by atoms with Crippen molar-refractivity contribution in [2.45, 2.75) is 0 Å². The zero-order chi connectivity index (χ0) is 7.82. The van der Waals surface area contributed by atoms with Crippen molar-refractivity contribution in [3.8, 4) is 0 Å². The van der Waals surface area contributed by atoms with E-state index >= 15 is 0 Å². The minimum absolute atomic E-state index is 0.0745. The summed E-state index contributed by atoms with van der Waals surface area (Å²) in [5.74, 6) is 0. The molecule has 0 aromatic heterocycles. The summed E-state index contributed by atoms with van der Waals surface area (Å²) in [6, 6.07) is 0. The van der Waals surface area contributed by atoms with Crippen molar-refractivity contribution in [2.24, 2.45) is 0 Å². The molecule has 0 spiro atoms. The van der Waals surface area contributed by atoms with Crippen LogP contribution in [-0.2, 0) is 19.4 Å². The van der Waals surface area contributed by atoms with Crippen LogP contribution in [0, 0.1) is 6.58 Å². The number of hydrogen-bond donors (Lipinski definition) is 1. The fourth-order valence-electron chi connectivity index (χ4n) is 0.434. The van der Waals surface area contributed by atoms with Gasteiger partial charge in [-0.15, -0.1) is 0 Å². The summed E-state index contributed by atoms with van der Waals surface area (Å²) >= 11 is 1.37. The van der Waals surface area contributed by atoms with E-state index in [9.17, 15) is 0 Å². The van der Waals surface area contributed by atoms with Gasteiger partial charge >= 0.3 is 71.9 Å². The maximum atomic E-state index is 8.42. The van der Waals surface area contributed by atoms with Gasteiger partial charge in [0.05, 0.1) is 0 Å². The van der Waals surface area contributed by atoms with E-state index in [0.717, 1.165) is 5.57 Å². The normalized spacial score (nSPS) is 11.9. The van der Waals surface area contributed by atoms with Crippen LogP contribution in [0.2, 0.25) is 0 Å². The third-order valence-electron chi connectivity index (χ3n) is 0.840. The van der Waals surface area contributed by atoms with Crippen LogP contribution in [0.3, 0.4) is 0 Å². The van der Waals surface area contributed by atoms with Gasteiger partial charge in [-0.1, -0.05) is 0 Å². The number of aliphatic hydroxyl groups is 1. The second-order valence-electron chi connectivity index (χ2n) is 1.56. The quantitative estimate of drug-likeness (QED) is 0.602. The zero-order valence-electron chi connectivity index (χ0n) is 5.53. The molecule has 0 aromatic carbocycles. The van der Waals surface area contributed by atoms with Gasteiger partial charge in [0.25, 0.3) is 0 Å². The van der Waals surface area contributed by atoms with Crippen LogP contribution in [0.1, 0.15) is 0 Å². The molecule has 0 fully saturated rings. The Hall–Kier alpha value is -0.262. The fourth-order valence-corrected chi connectivity index (χ4v) is 0.999. The van der Waals surface area contributed by atoms with E-state index in [1.54, 1.807) is 12.2 Å². The average Bonchev–Trinajstić information content (AvgIpc) is 1.98. The van der Waals surface area contributed by atoms with Gasteiger partial charge in [0.1, 0.15) is 0 Å². The summed E-state index contributed by atoms with van der Waals surface area (Å²) in [5, 5.41) is 8.42. The second kappa shape index (κ2) is 6.85. The molecule has 0 aromatic rings. The van der Waals surface area contributed by atoms with Crippen LogP contribution in [0.25, 0.3) is 0 Å². The Morgan fingerprint density at radius 1 is 1.60 bits per heavy atom. The Kier molecular flexibility index (Phi) is 6.67. The van der Waals surface area contributed by atoms with Crippen molar-refractivity contribution in [3.05, 3.63) is 36.5 Å². The first-order chi connectivity index (χ1) is 4.85. The third-order valence-corrected chi connectivity index (χ3v) is 1.82. The molecule has 54 valence electrons. The molecule has 0 radical (unpaired) electrons. The van der Waals surface area contributed by atoms with Crippen molar-refractivity contribution in [1.82, 2.24) is 0 Å². The van der Waals surface area contributed by atoms with Gasteiger partial charge in [-0.05, 0) is 0 Å². The first kappa shape index (κ1) is 9.74. The van der Waals surface area contributed by atoms with Crippen LogP contribution in [0.15, 0.2) is 29.9 Å². The molecule has 0 rings (SSSR count). The average molecular weight is 305 g/mol. The van der Waals surface area contributed by atoms with E-state index in [4.69, 9.17) is 11.7 Å². The second-order valence-corrected chi connectivity index (χ2v) is 2.41. The molecule has 0 atom stereocenters. The van der Waals surface area contributed by atoms with Crippen LogP contribution in [0.5, 0.6) is 0 Å². The van der Waals surface area contributed by atoms with E-state index in [2.05, 4.69) is 0 Å². The van der Waals surface area contributed by atoms with Crippen molar-refractivity contribution in [2.75, 3.05) is 6.61 Å². The number of rotatable bonds is 4. The molecule has 0 aliphatic rings. The van der Waals surface area contributed by atoms with Crippen molar-refractivity contribution < 1.29 is 24.5 Å². The topological polar surface area (TPSA) is 20.2 Å². The van der Waals surface area contributed by atoms with Crippen molar-refractivity contribution in [1.29, 1.82) is 0 Å². The van der Waals surface area contributed by atoms with E-state index in [-0.39, 0.29) is 6.61 Å². The van der Waals surface area contributed by atoms with Gasteiger partial charge in [-0.25, -0.2) is 0 Å². The fraction of sp³-hybridized carbons (Fsp3) is 0.125. The molecule has 0 bridgehead atoms. The summed E-state index contributed by atoms with van der Waals surface area (Å²) in [6.07, 6.45) is 6.78. The first-order valence-electron chi connectivity index (χ1n) is 2.83. The third kappa shape index (κ3) is 4.60. The monoisotopic (exact) mass is 305 g/mol. The van der Waals surface area contributed by atoms with Crippen LogP contribution < -0.4 is 0 Å². The zero-order valence-corrected chi connectivity index (χ0v) is 8.46. The Bertz CT molecular complexity index is 168. The minimum atomic E-state index is 0.0745. The molecular weight excluding hydrogens is 296 g/mol. The summed E-state index contributed by atoms with van der Waals surface area (Å²) < 4.78 is 2.00. The molecule has 0 aliphatic carbocycles. The van der Waals surface area contributed by atoms with Gasteiger partial charge in [0, 0.05) is 0 Å². The summed E-state index contributed by atoms with van der Waals surface area (Å²) in [7, 11) is 0. The maximum absolute atomic E-state index is 8.42. The Labute approximate surface area is 72.2 Å². The SMILES string of the molecule is [CH-]=C/C=C([CH]=[W])/C=C/CO. The molecular formula is C8H9OW-. The van der Waals surface area contributed by atoms with E-state index in [0.29, 0.717) is 0 Å². The molecule has 0 amide bonds. The molecule has 1 N–H and O–H groups in total. The van der Waals surface area contributed by atoms with Gasteiger partial charge in [-0.3, -0.25) is 0 Å². The van der Waals surface area contributed by atoms with Gasteiger partial charge in [0.15, 0.2) is 0 Å². The van der Waals surface area contributed by atoms with E-state index < -0.39 is 0 Å². The molecule has 10 heavy (non-hydrogen) atoms. The summed E-state index contributed by atoms with van der Waals surface area (Å²) in [6.45, 7) is 5.24. The number of aliphatic hydroxyl groups excluding tert-OH is 1. The molecule has 0 saturated heterocycles. The number of hydrogen-bond acceptors (Lipinski definition) is 1. The Morgan fingerprint density at radius 2 is 2.30 bits per heavy atom. The van der Waals surface area contributed by atoms with Crippen molar-refractivity contribution >= 4 is 4.40 Å². The summed E-state index contributed by atoms with van der Waals surface area (Å²) in [4.78, 5) is 0. The van der Waals surface area contributed by atoms with Crippen molar-refractivity contribution in [3.63, 3.8) is 0 Å². The first-order valence-corrected chi connectivity index (χ1v) is 4.52. The summed E-state index contributed by atoms with van der Waals surface area (Å²) in [5.41, 5.74) is 1.03. The number of allylic oxidation sites excluding steroid dienone is 4. The molecule has 0 heterocycles. The molecule has 2 heteroatoms. The molecule has 1 nitrogen and oxygen atoms in total. The van der Waals surface area contributed by atoms with Gasteiger partial charge in [0.2, 0.25) is 0 Å². The standard InChI is InChI=1S/C8H9O.W/c1-3-5-8(2)6-4-7-9;/h1-6,9H,7H2;/q-1;/b6-4+,8-5+;. The predicted octanol–water partition coefficient (Wildman–Crippen LogP) is 0.799. The Balaban J connectivity index is 4.07.